The molecule has 0 fully saturated rings. The second-order valence-electron chi connectivity index (χ2n) is 6.77. The van der Waals surface area contributed by atoms with Crippen molar-refractivity contribution >= 4 is 49.7 Å². The zero-order valence-electron chi connectivity index (χ0n) is 14.8. The zero-order valence-corrected chi connectivity index (χ0v) is 17.2. The highest BCUT2D eigenvalue weighted by molar-refractivity contribution is 9.10. The van der Waals surface area contributed by atoms with Gasteiger partial charge in [0.1, 0.15) is 10.4 Å². The van der Waals surface area contributed by atoms with Crippen molar-refractivity contribution in [1.82, 2.24) is 19.6 Å². The van der Waals surface area contributed by atoms with Gasteiger partial charge in [-0.2, -0.15) is 4.37 Å². The van der Waals surface area contributed by atoms with E-state index in [2.05, 4.69) is 30.6 Å². The van der Waals surface area contributed by atoms with Crippen LogP contribution in [0, 0.1) is 0 Å². The summed E-state index contributed by atoms with van der Waals surface area (Å²) < 4.78 is 10.3. The lowest BCUT2D eigenvalue weighted by Crippen LogP contribution is -2.44. The summed E-state index contributed by atoms with van der Waals surface area (Å²) in [7, 11) is 1.63. The zero-order chi connectivity index (χ0) is 18.8. The summed E-state index contributed by atoms with van der Waals surface area (Å²) in [6.07, 6.45) is 1.24. The summed E-state index contributed by atoms with van der Waals surface area (Å²) in [4.78, 5) is 30.8. The van der Waals surface area contributed by atoms with Gasteiger partial charge in [-0.1, -0.05) is 0 Å². The van der Waals surface area contributed by atoms with Crippen LogP contribution in [-0.4, -0.2) is 51.5 Å². The minimum absolute atomic E-state index is 0.262. The highest BCUT2D eigenvalue weighted by Gasteiger charge is 2.22. The number of pyridine rings is 1. The number of nitrogens with one attached hydrogen (secondary N) is 1. The van der Waals surface area contributed by atoms with Gasteiger partial charge in [-0.15, -0.1) is 0 Å². The second kappa shape index (κ2) is 7.65. The number of aromatic nitrogens is 2. The smallest absolute Gasteiger partial charge is 0.410 e. The number of amides is 2. The van der Waals surface area contributed by atoms with Crippen molar-refractivity contribution in [2.75, 3.05) is 13.6 Å². The van der Waals surface area contributed by atoms with Crippen LogP contribution in [0.5, 0.6) is 0 Å². The van der Waals surface area contributed by atoms with E-state index in [1.54, 1.807) is 13.2 Å². The third kappa shape index (κ3) is 5.37. The molecule has 0 aliphatic rings. The molecule has 0 bridgehead atoms. The van der Waals surface area contributed by atoms with E-state index in [0.717, 1.165) is 4.47 Å². The number of carbonyl (C=O) groups excluding carboxylic acids is 2. The molecule has 2 rings (SSSR count). The normalized spacial score (nSPS) is 12.7. The summed E-state index contributed by atoms with van der Waals surface area (Å²) in [5.74, 6) is -0.295. The molecule has 0 aromatic carbocycles. The van der Waals surface area contributed by atoms with Crippen LogP contribution in [0.15, 0.2) is 16.7 Å². The van der Waals surface area contributed by atoms with E-state index in [9.17, 15) is 9.59 Å². The van der Waals surface area contributed by atoms with Gasteiger partial charge >= 0.3 is 6.09 Å². The van der Waals surface area contributed by atoms with Crippen molar-refractivity contribution in [3.8, 4) is 0 Å². The fourth-order valence-corrected chi connectivity index (χ4v) is 3.18. The van der Waals surface area contributed by atoms with Gasteiger partial charge in [0.05, 0.1) is 0 Å². The molecule has 0 saturated heterocycles. The molecule has 0 aliphatic heterocycles. The average molecular weight is 429 g/mol. The molecule has 0 aliphatic carbocycles. The summed E-state index contributed by atoms with van der Waals surface area (Å²) >= 11 is 4.52. The molecule has 0 saturated carbocycles. The molecule has 25 heavy (non-hydrogen) atoms. The fraction of sp³-hybridized carbons (Fsp3) is 0.500. The van der Waals surface area contributed by atoms with E-state index in [0.29, 0.717) is 22.5 Å². The van der Waals surface area contributed by atoms with Crippen LogP contribution >= 0.6 is 27.5 Å². The molecule has 7 nitrogen and oxygen atoms in total. The van der Waals surface area contributed by atoms with Crippen LogP contribution in [0.1, 0.15) is 38.2 Å². The molecule has 136 valence electrons. The van der Waals surface area contributed by atoms with Crippen molar-refractivity contribution in [3.63, 3.8) is 0 Å². The van der Waals surface area contributed by atoms with E-state index in [1.165, 1.54) is 16.4 Å². The molecule has 0 radical (unpaired) electrons. The molecule has 2 heterocycles. The second-order valence-corrected chi connectivity index (χ2v) is 8.44. The van der Waals surface area contributed by atoms with Gasteiger partial charge in [-0.3, -0.25) is 4.79 Å². The molecule has 0 spiro atoms. The van der Waals surface area contributed by atoms with Crippen molar-refractivity contribution in [1.29, 1.82) is 0 Å². The molecule has 1 atom stereocenters. The summed E-state index contributed by atoms with van der Waals surface area (Å²) in [5, 5.41) is 3.55. The minimum Gasteiger partial charge on any atom is -0.444 e. The number of hydrogen-bond donors (Lipinski definition) is 1. The highest BCUT2D eigenvalue weighted by Crippen LogP contribution is 2.23. The first kappa shape index (κ1) is 19.6. The molecule has 2 aromatic heterocycles. The monoisotopic (exact) mass is 428 g/mol. The number of ether oxygens (including phenoxy) is 1. The van der Waals surface area contributed by atoms with E-state index in [-0.39, 0.29) is 11.9 Å². The SMILES string of the molecule is CC(CN(C)C(=O)OC(C)(C)C)NC(=O)c1nsc2ncc(Br)cc12. The van der Waals surface area contributed by atoms with Crippen molar-refractivity contribution in [2.24, 2.45) is 0 Å². The first-order valence-electron chi connectivity index (χ1n) is 7.72. The van der Waals surface area contributed by atoms with Crippen molar-refractivity contribution < 1.29 is 14.3 Å². The van der Waals surface area contributed by atoms with Crippen LogP contribution in [0.2, 0.25) is 0 Å². The molecule has 2 aromatic rings. The van der Waals surface area contributed by atoms with Gasteiger partial charge < -0.3 is 15.0 Å². The van der Waals surface area contributed by atoms with E-state index in [1.807, 2.05) is 33.8 Å². The Hall–Kier alpha value is -1.74. The quantitative estimate of drug-likeness (QED) is 0.805. The van der Waals surface area contributed by atoms with Crippen LogP contribution in [-0.2, 0) is 4.74 Å². The number of rotatable bonds is 4. The Balaban J connectivity index is 1.99. The highest BCUT2D eigenvalue weighted by atomic mass is 79.9. The maximum atomic E-state index is 12.5. The Bertz CT molecular complexity index is 787. The summed E-state index contributed by atoms with van der Waals surface area (Å²) in [6, 6.07) is 1.56. The number of likely N-dealkylation sites (N-methyl/N-ethyl adjacent to an activating group) is 1. The Morgan fingerprint density at radius 2 is 2.12 bits per heavy atom. The molecule has 1 unspecified atom stereocenters. The maximum Gasteiger partial charge on any atom is 0.410 e. The molecule has 2 amide bonds. The topological polar surface area (TPSA) is 84.4 Å². The van der Waals surface area contributed by atoms with Crippen molar-refractivity contribution in [3.05, 3.63) is 22.4 Å². The summed E-state index contributed by atoms with van der Waals surface area (Å²) in [6.45, 7) is 7.57. The Kier molecular flexibility index (Phi) is 5.99. The van der Waals surface area contributed by atoms with Crippen LogP contribution in [0.3, 0.4) is 0 Å². The van der Waals surface area contributed by atoms with Gasteiger partial charge in [0.2, 0.25) is 0 Å². The van der Waals surface area contributed by atoms with E-state index < -0.39 is 11.7 Å². The minimum atomic E-state index is -0.558. The Morgan fingerprint density at radius 3 is 2.76 bits per heavy atom. The molecule has 9 heteroatoms. The van der Waals surface area contributed by atoms with Gasteiger partial charge in [0, 0.05) is 35.7 Å². The third-order valence-corrected chi connectivity index (χ3v) is 4.35. The predicted octanol–water partition coefficient (Wildman–Crippen LogP) is 3.44. The Labute approximate surface area is 159 Å². The first-order valence-corrected chi connectivity index (χ1v) is 9.29. The molecule has 1 N–H and O–H groups in total. The third-order valence-electron chi connectivity index (χ3n) is 3.14. The molecular weight excluding hydrogens is 408 g/mol. The number of nitrogens with zero attached hydrogens (tertiary/aromatic N) is 3. The van der Waals surface area contributed by atoms with Crippen LogP contribution < -0.4 is 5.32 Å². The Morgan fingerprint density at radius 1 is 1.44 bits per heavy atom. The number of fused-ring (bicyclic) bond motifs is 1. The molecular formula is C16H21BrN4O3S. The standard InChI is InChI=1S/C16H21BrN4O3S/c1-9(8-21(5)15(23)24-16(2,3)4)19-13(22)12-11-6-10(17)7-18-14(11)25-20-12/h6-7,9H,8H2,1-5H3,(H,19,22). The first-order chi connectivity index (χ1) is 11.6. The lowest BCUT2D eigenvalue weighted by molar-refractivity contribution is 0.0284. The largest absolute Gasteiger partial charge is 0.444 e. The lowest BCUT2D eigenvalue weighted by Gasteiger charge is -2.26. The number of hydrogen-bond acceptors (Lipinski definition) is 6. The van der Waals surface area contributed by atoms with Gasteiger partial charge in [0.25, 0.3) is 5.91 Å². The average Bonchev–Trinajstić information content (AvgIpc) is 2.88. The summed E-state index contributed by atoms with van der Waals surface area (Å²) in [5.41, 5.74) is -0.224. The van der Waals surface area contributed by atoms with Gasteiger partial charge in [0.15, 0.2) is 5.69 Å². The predicted molar refractivity (Wildman–Crippen MR) is 101 cm³/mol. The number of carbonyl (C=O) groups is 2. The van der Waals surface area contributed by atoms with E-state index in [4.69, 9.17) is 4.74 Å². The fourth-order valence-electron chi connectivity index (χ4n) is 2.13. The van der Waals surface area contributed by atoms with Gasteiger partial charge in [-0.05, 0) is 61.2 Å². The lowest BCUT2D eigenvalue weighted by atomic mass is 10.2. The number of halogens is 1. The van der Waals surface area contributed by atoms with Crippen LogP contribution in [0.25, 0.3) is 10.2 Å². The van der Waals surface area contributed by atoms with E-state index >= 15 is 0 Å². The maximum absolute atomic E-state index is 12.5. The van der Waals surface area contributed by atoms with Crippen molar-refractivity contribution in [2.45, 2.75) is 39.3 Å². The van der Waals surface area contributed by atoms with Crippen LogP contribution in [0.4, 0.5) is 4.79 Å². The van der Waals surface area contributed by atoms with Gasteiger partial charge in [-0.25, -0.2) is 9.78 Å².